The number of rotatable bonds is 14. The van der Waals surface area contributed by atoms with Gasteiger partial charge in [0.05, 0.1) is 6.61 Å². The lowest BCUT2D eigenvalue weighted by atomic mass is 10.0. The van der Waals surface area contributed by atoms with Crippen molar-refractivity contribution < 1.29 is 32.9 Å². The third-order valence-electron chi connectivity index (χ3n) is 4.73. The summed E-state index contributed by atoms with van der Waals surface area (Å²) in [6.45, 7) is 18.7. The first kappa shape index (κ1) is 30.9. The maximum Gasteiger partial charge on any atom is 0.408 e. The summed E-state index contributed by atoms with van der Waals surface area (Å²) < 4.78 is 36.4. The SMILES string of the molecule is CCOC(OCC)P(=O)(OCC)[C@H](NC(=O)[C@@H](NC(=O)OC(C)(C)C)C(C)C)[C@@H](C)CC. The molecule has 0 spiro atoms. The lowest BCUT2D eigenvalue weighted by molar-refractivity contribution is -0.125. The molecule has 32 heavy (non-hydrogen) atoms. The van der Waals surface area contributed by atoms with Gasteiger partial charge in [-0.05, 0) is 53.4 Å². The molecule has 0 aromatic rings. The lowest BCUT2D eigenvalue weighted by Gasteiger charge is -2.37. The Balaban J connectivity index is 5.97. The zero-order valence-corrected chi connectivity index (χ0v) is 22.4. The number of hydrogen-bond donors (Lipinski definition) is 2. The van der Waals surface area contributed by atoms with Gasteiger partial charge in [0.15, 0.2) is 0 Å². The van der Waals surface area contributed by atoms with Crippen molar-refractivity contribution in [1.82, 2.24) is 10.6 Å². The van der Waals surface area contributed by atoms with Gasteiger partial charge < -0.3 is 29.4 Å². The van der Waals surface area contributed by atoms with E-state index in [1.165, 1.54) is 0 Å². The van der Waals surface area contributed by atoms with E-state index in [0.717, 1.165) is 0 Å². The quantitative estimate of drug-likeness (QED) is 0.274. The van der Waals surface area contributed by atoms with Crippen molar-refractivity contribution in [3.63, 3.8) is 0 Å². The van der Waals surface area contributed by atoms with Crippen LogP contribution in [0, 0.1) is 11.8 Å². The lowest BCUT2D eigenvalue weighted by Crippen LogP contribution is -2.54. The molecule has 0 rings (SSSR count). The molecule has 0 aliphatic rings. The van der Waals surface area contributed by atoms with Gasteiger partial charge in [-0.25, -0.2) is 4.79 Å². The molecule has 0 bridgehead atoms. The molecule has 0 aromatic heterocycles. The number of carbonyl (C=O) groups is 2. The Labute approximate surface area is 194 Å². The molecule has 4 atom stereocenters. The monoisotopic (exact) mass is 480 g/mol. The van der Waals surface area contributed by atoms with Gasteiger partial charge in [-0.15, -0.1) is 0 Å². The van der Waals surface area contributed by atoms with Crippen molar-refractivity contribution in [3.05, 3.63) is 0 Å². The minimum Gasteiger partial charge on any atom is -0.444 e. The van der Waals surface area contributed by atoms with E-state index in [-0.39, 0.29) is 31.7 Å². The van der Waals surface area contributed by atoms with E-state index < -0.39 is 42.8 Å². The van der Waals surface area contributed by atoms with E-state index in [0.29, 0.717) is 6.42 Å². The second-order valence-electron chi connectivity index (χ2n) is 8.99. The first-order valence-corrected chi connectivity index (χ1v) is 13.3. The zero-order valence-electron chi connectivity index (χ0n) is 21.5. The van der Waals surface area contributed by atoms with Crippen LogP contribution in [0.5, 0.6) is 0 Å². The Kier molecular flexibility index (Phi) is 13.7. The van der Waals surface area contributed by atoms with Crippen LogP contribution >= 0.6 is 7.37 Å². The van der Waals surface area contributed by atoms with Gasteiger partial charge in [0.2, 0.25) is 11.9 Å². The van der Waals surface area contributed by atoms with Crippen molar-refractivity contribution in [2.45, 2.75) is 99.1 Å². The molecular weight excluding hydrogens is 435 g/mol. The number of carbonyl (C=O) groups excluding carboxylic acids is 2. The van der Waals surface area contributed by atoms with E-state index in [1.807, 2.05) is 27.7 Å². The van der Waals surface area contributed by atoms with Crippen LogP contribution in [-0.2, 0) is 28.1 Å². The van der Waals surface area contributed by atoms with E-state index in [9.17, 15) is 14.2 Å². The third kappa shape index (κ3) is 9.77. The highest BCUT2D eigenvalue weighted by Crippen LogP contribution is 2.58. The van der Waals surface area contributed by atoms with Gasteiger partial charge in [-0.1, -0.05) is 34.1 Å². The topological polar surface area (TPSA) is 112 Å². The molecule has 9 nitrogen and oxygen atoms in total. The van der Waals surface area contributed by atoms with Crippen LogP contribution in [-0.4, -0.2) is 55.3 Å². The summed E-state index contributed by atoms with van der Waals surface area (Å²) >= 11 is 0. The van der Waals surface area contributed by atoms with Crippen molar-refractivity contribution in [2.75, 3.05) is 19.8 Å². The predicted octanol–water partition coefficient (Wildman–Crippen LogP) is 4.70. The van der Waals surface area contributed by atoms with Crippen molar-refractivity contribution in [1.29, 1.82) is 0 Å². The smallest absolute Gasteiger partial charge is 0.408 e. The number of hydrogen-bond acceptors (Lipinski definition) is 7. The van der Waals surface area contributed by atoms with Gasteiger partial charge in [-0.2, -0.15) is 0 Å². The second-order valence-corrected chi connectivity index (χ2v) is 11.5. The molecule has 10 heteroatoms. The Hall–Kier alpha value is -1.15. The number of nitrogens with one attached hydrogen (secondary N) is 2. The van der Waals surface area contributed by atoms with E-state index in [2.05, 4.69) is 10.6 Å². The Morgan fingerprint density at radius 1 is 0.906 bits per heavy atom. The van der Waals surface area contributed by atoms with Crippen molar-refractivity contribution in [2.24, 2.45) is 11.8 Å². The first-order chi connectivity index (χ1) is 14.8. The molecular formula is C22H45N2O7P. The Morgan fingerprint density at radius 3 is 1.81 bits per heavy atom. The fourth-order valence-corrected chi connectivity index (χ4v) is 5.92. The minimum atomic E-state index is -3.66. The maximum absolute atomic E-state index is 14.1. The number of ether oxygens (including phenoxy) is 3. The second kappa shape index (κ2) is 14.2. The normalized spacial score (nSPS) is 16.9. The Morgan fingerprint density at radius 2 is 1.44 bits per heavy atom. The predicted molar refractivity (Wildman–Crippen MR) is 126 cm³/mol. The fourth-order valence-electron chi connectivity index (χ4n) is 3.03. The molecule has 0 heterocycles. The highest BCUT2D eigenvalue weighted by Gasteiger charge is 2.47. The molecule has 0 fully saturated rings. The summed E-state index contributed by atoms with van der Waals surface area (Å²) in [4.78, 5) is 25.6. The molecule has 0 saturated carbocycles. The molecule has 0 radical (unpaired) electrons. The molecule has 0 aromatic carbocycles. The van der Waals surface area contributed by atoms with Crippen LogP contribution in [0.15, 0.2) is 0 Å². The summed E-state index contributed by atoms with van der Waals surface area (Å²) in [6.07, 6.45) is -0.0559. The summed E-state index contributed by atoms with van der Waals surface area (Å²) in [7, 11) is -3.66. The molecule has 0 saturated heterocycles. The molecule has 2 amide bonds. The largest absolute Gasteiger partial charge is 0.444 e. The summed E-state index contributed by atoms with van der Waals surface area (Å²) in [6, 6.07) is -1.99. The average Bonchev–Trinajstić information content (AvgIpc) is 2.67. The third-order valence-corrected chi connectivity index (χ3v) is 7.69. The van der Waals surface area contributed by atoms with Gasteiger partial charge in [0.25, 0.3) is 7.37 Å². The van der Waals surface area contributed by atoms with E-state index in [4.69, 9.17) is 18.7 Å². The van der Waals surface area contributed by atoms with Gasteiger partial charge >= 0.3 is 6.09 Å². The maximum atomic E-state index is 14.1. The molecule has 190 valence electrons. The van der Waals surface area contributed by atoms with Gasteiger partial charge in [0, 0.05) is 13.2 Å². The average molecular weight is 481 g/mol. The van der Waals surface area contributed by atoms with Crippen LogP contribution in [0.4, 0.5) is 4.79 Å². The van der Waals surface area contributed by atoms with Crippen LogP contribution < -0.4 is 10.6 Å². The van der Waals surface area contributed by atoms with Gasteiger partial charge in [0.1, 0.15) is 17.4 Å². The van der Waals surface area contributed by atoms with Crippen LogP contribution in [0.3, 0.4) is 0 Å². The molecule has 0 aliphatic heterocycles. The Bertz CT molecular complexity index is 616. The number of alkyl carbamates (subject to hydrolysis) is 1. The number of amides is 2. The fraction of sp³-hybridized carbons (Fsp3) is 0.909. The standard InChI is InChI=1S/C22H45N2O7P/c1-11-16(7)19(32(27,30-14-4)21(28-12-2)29-13-3)24-18(25)17(15(5)6)23-20(26)31-22(8,9)10/h15-17,19,21H,11-14H2,1-10H3,(H,23,26)(H,24,25)/t16-,17-,19-,32?/m0/s1. The molecule has 1 unspecified atom stereocenters. The van der Waals surface area contributed by atoms with Crippen molar-refractivity contribution in [3.8, 4) is 0 Å². The van der Waals surface area contributed by atoms with E-state index in [1.54, 1.807) is 41.5 Å². The molecule has 2 N–H and O–H groups in total. The minimum absolute atomic E-state index is 0.167. The van der Waals surface area contributed by atoms with Gasteiger partial charge in [-0.3, -0.25) is 9.36 Å². The highest BCUT2D eigenvalue weighted by molar-refractivity contribution is 7.60. The zero-order chi connectivity index (χ0) is 25.1. The molecule has 0 aliphatic carbocycles. The van der Waals surface area contributed by atoms with Crippen LogP contribution in [0.25, 0.3) is 0 Å². The van der Waals surface area contributed by atoms with Crippen LogP contribution in [0.1, 0.15) is 75.7 Å². The van der Waals surface area contributed by atoms with E-state index >= 15 is 0 Å². The summed E-state index contributed by atoms with van der Waals surface area (Å²) in [5.74, 6) is -1.76. The highest BCUT2D eigenvalue weighted by atomic mass is 31.2. The summed E-state index contributed by atoms with van der Waals surface area (Å²) in [5.41, 5.74) is -0.700. The van der Waals surface area contributed by atoms with Crippen molar-refractivity contribution >= 4 is 19.4 Å². The van der Waals surface area contributed by atoms with Crippen LogP contribution in [0.2, 0.25) is 0 Å². The summed E-state index contributed by atoms with van der Waals surface area (Å²) in [5, 5.41) is 5.51. The first-order valence-electron chi connectivity index (χ1n) is 11.5.